The van der Waals surface area contributed by atoms with Gasteiger partial charge >= 0.3 is 0 Å². The van der Waals surface area contributed by atoms with Crippen molar-refractivity contribution >= 4 is 26.8 Å². The van der Waals surface area contributed by atoms with Crippen LogP contribution in [0.15, 0.2) is 33.5 Å². The average Bonchev–Trinajstić information content (AvgIpc) is 2.31. The van der Waals surface area contributed by atoms with Crippen molar-refractivity contribution in [1.82, 2.24) is 4.98 Å². The van der Waals surface area contributed by atoms with Gasteiger partial charge < -0.3 is 4.98 Å². The molecule has 0 amide bonds. The van der Waals surface area contributed by atoms with Crippen molar-refractivity contribution in [3.8, 4) is 0 Å². The fourth-order valence-corrected chi connectivity index (χ4v) is 2.35. The number of fused-ring (bicyclic) bond motifs is 1. The predicted molar refractivity (Wildman–Crippen MR) is 75.5 cm³/mol. The van der Waals surface area contributed by atoms with Crippen LogP contribution in [0.1, 0.15) is 31.7 Å². The lowest BCUT2D eigenvalue weighted by molar-refractivity contribution is 0.714. The molecule has 2 rings (SSSR count). The Hall–Kier alpha value is -1.09. The van der Waals surface area contributed by atoms with Gasteiger partial charge in [0.25, 0.3) is 5.56 Å². The molecule has 2 aromatic rings. The van der Waals surface area contributed by atoms with Crippen LogP contribution >= 0.6 is 15.9 Å². The Balaban J connectivity index is 2.36. The van der Waals surface area contributed by atoms with Crippen molar-refractivity contribution in [3.63, 3.8) is 0 Å². The van der Waals surface area contributed by atoms with E-state index in [2.05, 4.69) is 27.8 Å². The minimum atomic E-state index is 0.0518. The van der Waals surface area contributed by atoms with Gasteiger partial charge in [0.2, 0.25) is 0 Å². The molecule has 1 aromatic carbocycles. The van der Waals surface area contributed by atoms with Gasteiger partial charge in [0, 0.05) is 15.6 Å². The van der Waals surface area contributed by atoms with Crippen LogP contribution in [0.2, 0.25) is 0 Å². The monoisotopic (exact) mass is 293 g/mol. The third-order valence-corrected chi connectivity index (χ3v) is 3.43. The van der Waals surface area contributed by atoms with Crippen LogP contribution in [0.4, 0.5) is 0 Å². The summed E-state index contributed by atoms with van der Waals surface area (Å²) in [5.41, 5.74) is 1.84. The number of pyridine rings is 1. The van der Waals surface area contributed by atoms with Crippen LogP contribution in [0.3, 0.4) is 0 Å². The molecule has 1 aromatic heterocycles. The highest BCUT2D eigenvalue weighted by atomic mass is 79.9. The first-order valence-electron chi connectivity index (χ1n) is 6.02. The van der Waals surface area contributed by atoms with Crippen molar-refractivity contribution in [2.45, 2.75) is 32.6 Å². The normalized spacial score (nSPS) is 10.9. The summed E-state index contributed by atoms with van der Waals surface area (Å²) in [6.45, 7) is 2.17. The van der Waals surface area contributed by atoms with Crippen molar-refractivity contribution in [3.05, 3.63) is 44.7 Å². The summed E-state index contributed by atoms with van der Waals surface area (Å²) in [6, 6.07) is 7.91. The topological polar surface area (TPSA) is 32.9 Å². The number of rotatable bonds is 4. The molecule has 0 aliphatic carbocycles. The molecule has 0 unspecified atom stereocenters. The van der Waals surface area contributed by atoms with E-state index in [0.717, 1.165) is 33.8 Å². The molecule has 1 heterocycles. The Labute approximate surface area is 109 Å². The molecule has 0 spiro atoms. The molecule has 0 bridgehead atoms. The second kappa shape index (κ2) is 5.50. The van der Waals surface area contributed by atoms with E-state index in [0.29, 0.717) is 0 Å². The third-order valence-electron chi connectivity index (χ3n) is 2.93. The number of hydrogen-bond acceptors (Lipinski definition) is 1. The Morgan fingerprint density at radius 1 is 1.24 bits per heavy atom. The van der Waals surface area contributed by atoms with Gasteiger partial charge in [-0.25, -0.2) is 0 Å². The summed E-state index contributed by atoms with van der Waals surface area (Å²) in [5, 5.41) is 1.09. The smallest absolute Gasteiger partial charge is 0.251 e. The Bertz CT molecular complexity index is 574. The number of aromatic nitrogens is 1. The number of H-pyrrole nitrogens is 1. The second-order valence-electron chi connectivity index (χ2n) is 4.31. The van der Waals surface area contributed by atoms with Crippen molar-refractivity contribution in [2.24, 2.45) is 0 Å². The summed E-state index contributed by atoms with van der Waals surface area (Å²) < 4.78 is 1.04. The Morgan fingerprint density at radius 3 is 2.82 bits per heavy atom. The molecule has 0 radical (unpaired) electrons. The Morgan fingerprint density at radius 2 is 2.06 bits per heavy atom. The van der Waals surface area contributed by atoms with Gasteiger partial charge in [-0.2, -0.15) is 0 Å². The Kier molecular flexibility index (Phi) is 4.00. The number of hydrogen-bond donors (Lipinski definition) is 1. The van der Waals surface area contributed by atoms with E-state index in [1.807, 2.05) is 24.3 Å². The minimum absolute atomic E-state index is 0.0518. The molecule has 17 heavy (non-hydrogen) atoms. The van der Waals surface area contributed by atoms with Crippen LogP contribution < -0.4 is 5.56 Å². The van der Waals surface area contributed by atoms with Crippen LogP contribution in [0.5, 0.6) is 0 Å². The van der Waals surface area contributed by atoms with E-state index in [-0.39, 0.29) is 5.56 Å². The lowest BCUT2D eigenvalue weighted by atomic mass is 10.1. The SMILES string of the molecule is CCCCCc1cc2cc(Br)ccc2[nH]c1=O. The van der Waals surface area contributed by atoms with Crippen LogP contribution in [0, 0.1) is 0 Å². The van der Waals surface area contributed by atoms with Crippen molar-refractivity contribution in [1.29, 1.82) is 0 Å². The van der Waals surface area contributed by atoms with Crippen molar-refractivity contribution < 1.29 is 0 Å². The highest BCUT2D eigenvalue weighted by Crippen LogP contribution is 2.18. The molecule has 0 saturated carbocycles. The van der Waals surface area contributed by atoms with Gasteiger partial charge in [-0.3, -0.25) is 4.79 Å². The first kappa shape index (κ1) is 12.4. The van der Waals surface area contributed by atoms with E-state index >= 15 is 0 Å². The average molecular weight is 294 g/mol. The largest absolute Gasteiger partial charge is 0.322 e. The molecule has 0 aliphatic heterocycles. The van der Waals surface area contributed by atoms with E-state index in [1.165, 1.54) is 12.8 Å². The summed E-state index contributed by atoms with van der Waals surface area (Å²) >= 11 is 3.45. The first-order valence-corrected chi connectivity index (χ1v) is 6.81. The molecule has 0 saturated heterocycles. The maximum Gasteiger partial charge on any atom is 0.251 e. The molecule has 0 aliphatic rings. The summed E-state index contributed by atoms with van der Waals surface area (Å²) in [6.07, 6.45) is 4.30. The number of unbranched alkanes of at least 4 members (excludes halogenated alkanes) is 2. The van der Waals surface area contributed by atoms with Gasteiger partial charge in [0.1, 0.15) is 0 Å². The maximum atomic E-state index is 11.8. The number of halogens is 1. The molecule has 0 fully saturated rings. The van der Waals surface area contributed by atoms with Gasteiger partial charge in [0.05, 0.1) is 0 Å². The fourth-order valence-electron chi connectivity index (χ4n) is 1.97. The summed E-state index contributed by atoms with van der Waals surface area (Å²) in [4.78, 5) is 14.8. The number of benzene rings is 1. The van der Waals surface area contributed by atoms with Crippen LogP contribution in [0.25, 0.3) is 10.9 Å². The van der Waals surface area contributed by atoms with E-state index in [1.54, 1.807) is 0 Å². The number of aryl methyl sites for hydroxylation is 1. The standard InChI is InChI=1S/C14H16BrNO/c1-2-3-4-5-10-8-11-9-12(15)6-7-13(11)16-14(10)17/h6-9H,2-5H2,1H3,(H,16,17). The van der Waals surface area contributed by atoms with Gasteiger partial charge in [-0.1, -0.05) is 35.7 Å². The quantitative estimate of drug-likeness (QED) is 0.849. The van der Waals surface area contributed by atoms with E-state index in [4.69, 9.17) is 0 Å². The zero-order chi connectivity index (χ0) is 12.3. The fraction of sp³-hybridized carbons (Fsp3) is 0.357. The summed E-state index contributed by atoms with van der Waals surface area (Å²) in [7, 11) is 0. The summed E-state index contributed by atoms with van der Waals surface area (Å²) in [5.74, 6) is 0. The molecule has 1 N–H and O–H groups in total. The minimum Gasteiger partial charge on any atom is -0.322 e. The molecule has 3 heteroatoms. The molecule has 2 nitrogen and oxygen atoms in total. The van der Waals surface area contributed by atoms with Gasteiger partial charge in [-0.15, -0.1) is 0 Å². The van der Waals surface area contributed by atoms with E-state index < -0.39 is 0 Å². The third kappa shape index (κ3) is 2.97. The maximum absolute atomic E-state index is 11.8. The first-order chi connectivity index (χ1) is 8.20. The zero-order valence-electron chi connectivity index (χ0n) is 9.92. The van der Waals surface area contributed by atoms with Crippen LogP contribution in [-0.2, 0) is 6.42 Å². The highest BCUT2D eigenvalue weighted by molar-refractivity contribution is 9.10. The molecular weight excluding hydrogens is 278 g/mol. The predicted octanol–water partition coefficient (Wildman–Crippen LogP) is 4.02. The van der Waals surface area contributed by atoms with Gasteiger partial charge in [-0.05, 0) is 42.5 Å². The highest BCUT2D eigenvalue weighted by Gasteiger charge is 2.03. The lowest BCUT2D eigenvalue weighted by Crippen LogP contribution is -2.12. The molecule has 90 valence electrons. The number of aromatic amines is 1. The van der Waals surface area contributed by atoms with Gasteiger partial charge in [0.15, 0.2) is 0 Å². The lowest BCUT2D eigenvalue weighted by Gasteiger charge is -2.03. The number of nitrogens with one attached hydrogen (secondary N) is 1. The van der Waals surface area contributed by atoms with Crippen molar-refractivity contribution in [2.75, 3.05) is 0 Å². The zero-order valence-corrected chi connectivity index (χ0v) is 11.5. The van der Waals surface area contributed by atoms with E-state index in [9.17, 15) is 4.79 Å². The van der Waals surface area contributed by atoms with Crippen LogP contribution in [-0.4, -0.2) is 4.98 Å². The molecule has 0 atom stereocenters. The second-order valence-corrected chi connectivity index (χ2v) is 5.23. The molecular formula is C14H16BrNO.